The maximum absolute atomic E-state index is 12.7. The molecule has 7 nitrogen and oxygen atoms in total. The van der Waals surface area contributed by atoms with E-state index >= 15 is 0 Å². The number of likely N-dealkylation sites (N-methyl/N-ethyl adjacent to an activating group) is 1. The molecule has 0 aliphatic heterocycles. The van der Waals surface area contributed by atoms with Gasteiger partial charge in [0.25, 0.3) is 10.0 Å². The number of aryl methyl sites for hydroxylation is 1. The molecular weight excluding hydrogens is 292 g/mol. The standard InChI is InChI=1S/C13H26N4O3S/c1-5-14-10-12-11(4)15-16-13(12)21(18,19)17(6-2)8-9-20-7-3/h14H,5-10H2,1-4H3,(H,15,16). The Labute approximate surface area is 127 Å². The van der Waals surface area contributed by atoms with Crippen LogP contribution < -0.4 is 5.32 Å². The second-order valence-electron chi connectivity index (χ2n) is 4.61. The summed E-state index contributed by atoms with van der Waals surface area (Å²) in [6.45, 7) is 10.4. The molecule has 0 atom stereocenters. The first-order chi connectivity index (χ1) is 9.98. The summed E-state index contributed by atoms with van der Waals surface area (Å²) >= 11 is 0. The number of aromatic nitrogens is 2. The van der Waals surface area contributed by atoms with Crippen molar-refractivity contribution in [1.82, 2.24) is 19.8 Å². The van der Waals surface area contributed by atoms with Gasteiger partial charge < -0.3 is 10.1 Å². The topological polar surface area (TPSA) is 87.3 Å². The molecule has 0 aliphatic rings. The molecule has 1 aromatic rings. The van der Waals surface area contributed by atoms with Gasteiger partial charge in [0, 0.05) is 37.5 Å². The highest BCUT2D eigenvalue weighted by Crippen LogP contribution is 2.20. The van der Waals surface area contributed by atoms with Crippen LogP contribution in [0.3, 0.4) is 0 Å². The Kier molecular flexibility index (Phi) is 7.30. The molecule has 1 heterocycles. The van der Waals surface area contributed by atoms with Crippen LogP contribution in [-0.4, -0.2) is 55.8 Å². The third-order valence-electron chi connectivity index (χ3n) is 3.21. The van der Waals surface area contributed by atoms with Crippen LogP contribution in [0.2, 0.25) is 0 Å². The fourth-order valence-electron chi connectivity index (χ4n) is 1.98. The lowest BCUT2D eigenvalue weighted by Crippen LogP contribution is -2.35. The zero-order valence-corrected chi connectivity index (χ0v) is 14.1. The summed E-state index contributed by atoms with van der Waals surface area (Å²) in [4.78, 5) is 0. The number of H-pyrrole nitrogens is 1. The molecule has 2 N–H and O–H groups in total. The van der Waals surface area contributed by atoms with Gasteiger partial charge in [-0.15, -0.1) is 0 Å². The quantitative estimate of drug-likeness (QED) is 0.625. The molecule has 0 saturated carbocycles. The monoisotopic (exact) mass is 318 g/mol. The van der Waals surface area contributed by atoms with Crippen molar-refractivity contribution in [3.8, 4) is 0 Å². The van der Waals surface area contributed by atoms with Gasteiger partial charge >= 0.3 is 0 Å². The number of hydrogen-bond acceptors (Lipinski definition) is 5. The zero-order chi connectivity index (χ0) is 15.9. The number of nitrogens with zero attached hydrogens (tertiary/aromatic N) is 2. The molecule has 0 fully saturated rings. The number of rotatable bonds is 10. The van der Waals surface area contributed by atoms with Gasteiger partial charge in [-0.25, -0.2) is 8.42 Å². The molecule has 0 aliphatic carbocycles. The number of hydrogen-bond donors (Lipinski definition) is 2. The molecule has 0 bridgehead atoms. The lowest BCUT2D eigenvalue weighted by Gasteiger charge is -2.19. The number of nitrogens with one attached hydrogen (secondary N) is 2. The van der Waals surface area contributed by atoms with E-state index in [1.807, 2.05) is 27.7 Å². The molecule has 0 aromatic carbocycles. The summed E-state index contributed by atoms with van der Waals surface area (Å²) in [6.07, 6.45) is 0. The van der Waals surface area contributed by atoms with E-state index in [0.29, 0.717) is 38.4 Å². The van der Waals surface area contributed by atoms with Gasteiger partial charge in [0.1, 0.15) is 0 Å². The van der Waals surface area contributed by atoms with Crippen molar-refractivity contribution >= 4 is 10.0 Å². The predicted octanol–water partition coefficient (Wildman–Crippen LogP) is 0.875. The second-order valence-corrected chi connectivity index (χ2v) is 6.46. The average Bonchev–Trinajstić information content (AvgIpc) is 2.83. The van der Waals surface area contributed by atoms with Crippen LogP contribution in [0.15, 0.2) is 5.03 Å². The van der Waals surface area contributed by atoms with Gasteiger partial charge in [0.2, 0.25) is 0 Å². The third kappa shape index (κ3) is 4.50. The van der Waals surface area contributed by atoms with Gasteiger partial charge in [0.15, 0.2) is 5.03 Å². The van der Waals surface area contributed by atoms with E-state index < -0.39 is 10.0 Å². The average molecular weight is 318 g/mol. The maximum Gasteiger partial charge on any atom is 0.262 e. The van der Waals surface area contributed by atoms with E-state index in [9.17, 15) is 8.42 Å². The van der Waals surface area contributed by atoms with Crippen molar-refractivity contribution in [2.45, 2.75) is 39.3 Å². The number of aromatic amines is 1. The molecule has 0 radical (unpaired) electrons. The van der Waals surface area contributed by atoms with Gasteiger partial charge in [-0.2, -0.15) is 9.40 Å². The summed E-state index contributed by atoms with van der Waals surface area (Å²) < 4.78 is 32.1. The van der Waals surface area contributed by atoms with Crippen molar-refractivity contribution in [1.29, 1.82) is 0 Å². The molecular formula is C13H26N4O3S. The summed E-state index contributed by atoms with van der Waals surface area (Å²) in [5.74, 6) is 0. The summed E-state index contributed by atoms with van der Waals surface area (Å²) in [7, 11) is -3.60. The summed E-state index contributed by atoms with van der Waals surface area (Å²) in [5, 5.41) is 10.0. The van der Waals surface area contributed by atoms with Crippen LogP contribution in [0.1, 0.15) is 32.0 Å². The Bertz CT molecular complexity index is 528. The van der Waals surface area contributed by atoms with Crippen LogP contribution in [0, 0.1) is 6.92 Å². The van der Waals surface area contributed by atoms with Gasteiger partial charge in [-0.05, 0) is 20.4 Å². The highest BCUT2D eigenvalue weighted by molar-refractivity contribution is 7.89. The van der Waals surface area contributed by atoms with E-state index in [1.54, 1.807) is 0 Å². The molecule has 0 saturated heterocycles. The van der Waals surface area contributed by atoms with Crippen molar-refractivity contribution in [3.63, 3.8) is 0 Å². The molecule has 21 heavy (non-hydrogen) atoms. The van der Waals surface area contributed by atoms with E-state index in [-0.39, 0.29) is 5.03 Å². The molecule has 1 aromatic heterocycles. The first-order valence-electron chi connectivity index (χ1n) is 7.31. The molecule has 0 spiro atoms. The fourth-order valence-corrected chi connectivity index (χ4v) is 3.58. The van der Waals surface area contributed by atoms with Crippen LogP contribution in [0.5, 0.6) is 0 Å². The van der Waals surface area contributed by atoms with Crippen LogP contribution in [0.4, 0.5) is 0 Å². The second kappa shape index (κ2) is 8.47. The van der Waals surface area contributed by atoms with Gasteiger partial charge in [-0.1, -0.05) is 13.8 Å². The van der Waals surface area contributed by atoms with Crippen molar-refractivity contribution < 1.29 is 13.2 Å². The molecule has 8 heteroatoms. The Morgan fingerprint density at radius 1 is 1.33 bits per heavy atom. The van der Waals surface area contributed by atoms with Crippen LogP contribution >= 0.6 is 0 Å². The Morgan fingerprint density at radius 2 is 2.05 bits per heavy atom. The Balaban J connectivity index is 2.99. The van der Waals surface area contributed by atoms with E-state index in [2.05, 4.69) is 15.5 Å². The largest absolute Gasteiger partial charge is 0.380 e. The normalized spacial score (nSPS) is 12.2. The lowest BCUT2D eigenvalue weighted by molar-refractivity contribution is 0.135. The third-order valence-corrected chi connectivity index (χ3v) is 5.16. The first kappa shape index (κ1) is 18.1. The fraction of sp³-hybridized carbons (Fsp3) is 0.769. The van der Waals surface area contributed by atoms with Gasteiger partial charge in [0.05, 0.1) is 6.61 Å². The Hall–Kier alpha value is -0.960. The predicted molar refractivity (Wildman–Crippen MR) is 81.6 cm³/mol. The molecule has 0 amide bonds. The molecule has 122 valence electrons. The summed E-state index contributed by atoms with van der Waals surface area (Å²) in [5.41, 5.74) is 1.47. The maximum atomic E-state index is 12.7. The minimum absolute atomic E-state index is 0.110. The van der Waals surface area contributed by atoms with E-state index in [1.165, 1.54) is 4.31 Å². The molecule has 1 rings (SSSR count). The smallest absolute Gasteiger partial charge is 0.262 e. The SMILES string of the molecule is CCNCc1c(S(=O)(=O)N(CC)CCOCC)n[nH]c1C. The number of ether oxygens (including phenoxy) is 1. The molecule has 0 unspecified atom stereocenters. The minimum atomic E-state index is -3.60. The Morgan fingerprint density at radius 3 is 2.62 bits per heavy atom. The van der Waals surface area contributed by atoms with Gasteiger partial charge in [-0.3, -0.25) is 5.10 Å². The van der Waals surface area contributed by atoms with Crippen LogP contribution in [-0.2, 0) is 21.3 Å². The van der Waals surface area contributed by atoms with Crippen molar-refractivity contribution in [2.24, 2.45) is 0 Å². The summed E-state index contributed by atoms with van der Waals surface area (Å²) in [6, 6.07) is 0. The first-order valence-corrected chi connectivity index (χ1v) is 8.75. The van der Waals surface area contributed by atoms with Crippen molar-refractivity contribution in [2.75, 3.05) is 32.8 Å². The highest BCUT2D eigenvalue weighted by Gasteiger charge is 2.29. The van der Waals surface area contributed by atoms with Crippen LogP contribution in [0.25, 0.3) is 0 Å². The number of sulfonamides is 1. The highest BCUT2D eigenvalue weighted by atomic mass is 32.2. The lowest BCUT2D eigenvalue weighted by atomic mass is 10.2. The van der Waals surface area contributed by atoms with E-state index in [0.717, 1.165) is 12.2 Å². The van der Waals surface area contributed by atoms with Crippen molar-refractivity contribution in [3.05, 3.63) is 11.3 Å². The zero-order valence-electron chi connectivity index (χ0n) is 13.3. The minimum Gasteiger partial charge on any atom is -0.380 e. The van der Waals surface area contributed by atoms with E-state index in [4.69, 9.17) is 4.74 Å².